The molecule has 0 bridgehead atoms. The van der Waals surface area contributed by atoms with E-state index in [0.29, 0.717) is 12.3 Å². The van der Waals surface area contributed by atoms with Crippen LogP contribution in [0.4, 0.5) is 4.39 Å². The molecule has 1 N–H and O–H groups in total. The Bertz CT molecular complexity index is 814. The molecule has 0 atom stereocenters. The number of fused-ring (bicyclic) bond motifs is 1. The van der Waals surface area contributed by atoms with E-state index in [0.717, 1.165) is 6.42 Å². The van der Waals surface area contributed by atoms with Crippen LogP contribution in [0.1, 0.15) is 12.0 Å². The van der Waals surface area contributed by atoms with Crippen molar-refractivity contribution in [3.8, 4) is 5.75 Å². The standard InChI is InChI=1S/C19H18FNO2S/c20-15-5-7-16(8-6-15)23-12-10-19(22)21-11-9-14-13-24-18-4-2-1-3-17(14)18/h1-8,13H,9-12H2,(H,21,22). The highest BCUT2D eigenvalue weighted by Gasteiger charge is 2.05. The van der Waals surface area contributed by atoms with Crippen molar-refractivity contribution in [1.82, 2.24) is 5.32 Å². The summed E-state index contributed by atoms with van der Waals surface area (Å²) in [6.07, 6.45) is 1.09. The summed E-state index contributed by atoms with van der Waals surface area (Å²) in [6, 6.07) is 14.1. The van der Waals surface area contributed by atoms with Crippen molar-refractivity contribution in [1.29, 1.82) is 0 Å². The van der Waals surface area contributed by atoms with Crippen molar-refractivity contribution >= 4 is 27.3 Å². The Morgan fingerprint density at radius 1 is 1.12 bits per heavy atom. The smallest absolute Gasteiger partial charge is 0.223 e. The topological polar surface area (TPSA) is 38.3 Å². The lowest BCUT2D eigenvalue weighted by atomic mass is 10.1. The highest BCUT2D eigenvalue weighted by Crippen LogP contribution is 2.25. The fraction of sp³-hybridized carbons (Fsp3) is 0.211. The van der Waals surface area contributed by atoms with Gasteiger partial charge in [0.05, 0.1) is 13.0 Å². The number of ether oxygens (including phenoxy) is 1. The first-order valence-electron chi connectivity index (χ1n) is 7.82. The molecular weight excluding hydrogens is 325 g/mol. The number of carbonyl (C=O) groups is 1. The van der Waals surface area contributed by atoms with Gasteiger partial charge in [-0.25, -0.2) is 4.39 Å². The normalized spacial score (nSPS) is 10.7. The van der Waals surface area contributed by atoms with Gasteiger partial charge in [-0.3, -0.25) is 4.79 Å². The predicted octanol–water partition coefficient (Wildman–Crippen LogP) is 4.17. The summed E-state index contributed by atoms with van der Waals surface area (Å²) in [5.41, 5.74) is 1.26. The third-order valence-corrected chi connectivity index (χ3v) is 4.70. The van der Waals surface area contributed by atoms with Crippen LogP contribution < -0.4 is 10.1 Å². The molecule has 0 saturated heterocycles. The second-order valence-electron chi connectivity index (χ2n) is 5.41. The maximum absolute atomic E-state index is 12.8. The predicted molar refractivity (Wildman–Crippen MR) is 95.1 cm³/mol. The van der Waals surface area contributed by atoms with Gasteiger partial charge in [-0.15, -0.1) is 11.3 Å². The second-order valence-corrected chi connectivity index (χ2v) is 6.32. The van der Waals surface area contributed by atoms with Crippen molar-refractivity contribution in [3.05, 3.63) is 65.3 Å². The van der Waals surface area contributed by atoms with Crippen LogP contribution in [0.15, 0.2) is 53.9 Å². The first-order valence-corrected chi connectivity index (χ1v) is 8.70. The summed E-state index contributed by atoms with van der Waals surface area (Å²) in [5, 5.41) is 6.31. The van der Waals surface area contributed by atoms with E-state index in [1.54, 1.807) is 23.5 Å². The first-order chi connectivity index (χ1) is 11.7. The van der Waals surface area contributed by atoms with Crippen molar-refractivity contribution < 1.29 is 13.9 Å². The molecule has 5 heteroatoms. The van der Waals surface area contributed by atoms with E-state index in [1.807, 2.05) is 12.1 Å². The minimum atomic E-state index is -0.305. The van der Waals surface area contributed by atoms with E-state index >= 15 is 0 Å². The monoisotopic (exact) mass is 343 g/mol. The van der Waals surface area contributed by atoms with Crippen LogP contribution in [0.3, 0.4) is 0 Å². The molecule has 24 heavy (non-hydrogen) atoms. The molecule has 1 aromatic heterocycles. The molecule has 0 spiro atoms. The summed E-state index contributed by atoms with van der Waals surface area (Å²) in [7, 11) is 0. The number of hydrogen-bond donors (Lipinski definition) is 1. The molecule has 124 valence electrons. The number of nitrogens with one attached hydrogen (secondary N) is 1. The Labute approximate surface area is 144 Å². The van der Waals surface area contributed by atoms with Gasteiger partial charge in [-0.05, 0) is 53.1 Å². The van der Waals surface area contributed by atoms with Gasteiger partial charge >= 0.3 is 0 Å². The molecule has 0 aliphatic heterocycles. The van der Waals surface area contributed by atoms with Crippen molar-refractivity contribution in [2.45, 2.75) is 12.8 Å². The molecule has 3 aromatic rings. The molecular formula is C19H18FNO2S. The Hall–Kier alpha value is -2.40. The number of thiophene rings is 1. The number of benzene rings is 2. The van der Waals surface area contributed by atoms with Crippen LogP contribution in [0.25, 0.3) is 10.1 Å². The van der Waals surface area contributed by atoms with Crippen LogP contribution in [-0.2, 0) is 11.2 Å². The van der Waals surface area contributed by atoms with Gasteiger partial charge in [0.25, 0.3) is 0 Å². The van der Waals surface area contributed by atoms with Crippen LogP contribution in [0.5, 0.6) is 5.75 Å². The van der Waals surface area contributed by atoms with Crippen LogP contribution in [0, 0.1) is 5.82 Å². The van der Waals surface area contributed by atoms with Gasteiger partial charge in [0, 0.05) is 11.2 Å². The third kappa shape index (κ3) is 4.32. The zero-order valence-corrected chi connectivity index (χ0v) is 13.9. The van der Waals surface area contributed by atoms with E-state index in [4.69, 9.17) is 4.74 Å². The van der Waals surface area contributed by atoms with E-state index < -0.39 is 0 Å². The Balaban J connectivity index is 1.39. The van der Waals surface area contributed by atoms with Crippen LogP contribution in [-0.4, -0.2) is 19.1 Å². The molecule has 3 rings (SSSR count). The minimum Gasteiger partial charge on any atom is -0.493 e. The highest BCUT2D eigenvalue weighted by atomic mass is 32.1. The largest absolute Gasteiger partial charge is 0.493 e. The Morgan fingerprint density at radius 2 is 1.92 bits per heavy atom. The van der Waals surface area contributed by atoms with E-state index in [9.17, 15) is 9.18 Å². The highest BCUT2D eigenvalue weighted by molar-refractivity contribution is 7.17. The Morgan fingerprint density at radius 3 is 2.75 bits per heavy atom. The number of hydrogen-bond acceptors (Lipinski definition) is 3. The third-order valence-electron chi connectivity index (χ3n) is 3.69. The van der Waals surface area contributed by atoms with Gasteiger partial charge in [0.2, 0.25) is 5.91 Å². The van der Waals surface area contributed by atoms with Crippen molar-refractivity contribution in [2.75, 3.05) is 13.2 Å². The molecule has 0 unspecified atom stereocenters. The lowest BCUT2D eigenvalue weighted by Crippen LogP contribution is -2.26. The number of rotatable bonds is 7. The van der Waals surface area contributed by atoms with Gasteiger partial charge < -0.3 is 10.1 Å². The molecule has 0 aliphatic carbocycles. The average molecular weight is 343 g/mol. The molecule has 0 saturated carbocycles. The van der Waals surface area contributed by atoms with Gasteiger partial charge in [-0.1, -0.05) is 18.2 Å². The fourth-order valence-electron chi connectivity index (χ4n) is 2.44. The van der Waals surface area contributed by atoms with Gasteiger partial charge in [-0.2, -0.15) is 0 Å². The van der Waals surface area contributed by atoms with Crippen molar-refractivity contribution in [3.63, 3.8) is 0 Å². The number of carbonyl (C=O) groups excluding carboxylic acids is 1. The first kappa shape index (κ1) is 16.5. The molecule has 3 nitrogen and oxygen atoms in total. The molecule has 1 amide bonds. The zero-order chi connectivity index (χ0) is 16.8. The van der Waals surface area contributed by atoms with E-state index in [1.165, 1.54) is 27.8 Å². The molecule has 2 aromatic carbocycles. The van der Waals surface area contributed by atoms with Crippen LogP contribution in [0.2, 0.25) is 0 Å². The second kappa shape index (κ2) is 7.93. The lowest BCUT2D eigenvalue weighted by Gasteiger charge is -2.07. The number of amides is 1. The maximum atomic E-state index is 12.8. The van der Waals surface area contributed by atoms with Crippen LogP contribution >= 0.6 is 11.3 Å². The summed E-state index contributed by atoms with van der Waals surface area (Å²) in [5.74, 6) is 0.214. The number of halogens is 1. The van der Waals surface area contributed by atoms with Gasteiger partial charge in [0.15, 0.2) is 0 Å². The lowest BCUT2D eigenvalue weighted by molar-refractivity contribution is -0.121. The quantitative estimate of drug-likeness (QED) is 0.699. The average Bonchev–Trinajstić information content (AvgIpc) is 3.00. The van der Waals surface area contributed by atoms with Gasteiger partial charge in [0.1, 0.15) is 11.6 Å². The summed E-state index contributed by atoms with van der Waals surface area (Å²) in [4.78, 5) is 11.8. The molecule has 0 fully saturated rings. The van der Waals surface area contributed by atoms with E-state index in [-0.39, 0.29) is 24.8 Å². The molecule has 0 radical (unpaired) electrons. The molecule has 0 aliphatic rings. The van der Waals surface area contributed by atoms with E-state index in [2.05, 4.69) is 22.8 Å². The summed E-state index contributed by atoms with van der Waals surface area (Å²) in [6.45, 7) is 0.884. The minimum absolute atomic E-state index is 0.0448. The Kier molecular flexibility index (Phi) is 5.43. The fourth-order valence-corrected chi connectivity index (χ4v) is 3.44. The zero-order valence-electron chi connectivity index (χ0n) is 13.1. The van der Waals surface area contributed by atoms with Crippen molar-refractivity contribution in [2.24, 2.45) is 0 Å². The summed E-state index contributed by atoms with van der Waals surface area (Å²) < 4.78 is 19.5. The maximum Gasteiger partial charge on any atom is 0.223 e. The molecule has 1 heterocycles. The SMILES string of the molecule is O=C(CCOc1ccc(F)cc1)NCCc1csc2ccccc12. The summed E-state index contributed by atoms with van der Waals surface area (Å²) >= 11 is 1.73.